The summed E-state index contributed by atoms with van der Waals surface area (Å²) in [5, 5.41) is 5.70. The van der Waals surface area contributed by atoms with E-state index in [-0.39, 0.29) is 5.25 Å². The lowest BCUT2D eigenvalue weighted by atomic mass is 10.3. The monoisotopic (exact) mass is 378 g/mol. The highest BCUT2D eigenvalue weighted by molar-refractivity contribution is 7.99. The second-order valence-electron chi connectivity index (χ2n) is 6.20. The van der Waals surface area contributed by atoms with Crippen molar-refractivity contribution in [2.75, 3.05) is 13.7 Å². The quantitative estimate of drug-likeness (QED) is 0.566. The van der Waals surface area contributed by atoms with Crippen LogP contribution >= 0.6 is 23.4 Å². The largest absolute Gasteiger partial charge is 0.383 e. The number of imidazole rings is 1. The van der Waals surface area contributed by atoms with Gasteiger partial charge in [0.2, 0.25) is 5.89 Å². The van der Waals surface area contributed by atoms with Crippen LogP contribution < -0.4 is 0 Å². The zero-order valence-electron chi connectivity index (χ0n) is 14.1. The van der Waals surface area contributed by atoms with Gasteiger partial charge in [0, 0.05) is 24.6 Å². The van der Waals surface area contributed by atoms with Crippen molar-refractivity contribution in [2.24, 2.45) is 0 Å². The molecule has 2 heterocycles. The molecule has 1 aliphatic carbocycles. The summed E-state index contributed by atoms with van der Waals surface area (Å²) in [6.07, 6.45) is 2.32. The predicted molar refractivity (Wildman–Crippen MR) is 97.2 cm³/mol. The van der Waals surface area contributed by atoms with E-state index in [1.54, 1.807) is 18.9 Å². The van der Waals surface area contributed by atoms with Gasteiger partial charge in [-0.3, -0.25) is 0 Å². The number of aromatic nitrogens is 4. The van der Waals surface area contributed by atoms with Crippen LogP contribution in [0.2, 0.25) is 5.02 Å². The Kier molecular flexibility index (Phi) is 4.71. The molecule has 0 saturated heterocycles. The van der Waals surface area contributed by atoms with E-state index in [0.29, 0.717) is 23.4 Å². The number of hydrogen-bond donors (Lipinski definition) is 0. The third kappa shape index (κ3) is 3.54. The van der Waals surface area contributed by atoms with Crippen LogP contribution in [-0.2, 0) is 11.3 Å². The van der Waals surface area contributed by atoms with Gasteiger partial charge in [0.15, 0.2) is 11.0 Å². The van der Waals surface area contributed by atoms with Crippen molar-refractivity contribution in [3.05, 3.63) is 34.9 Å². The lowest BCUT2D eigenvalue weighted by Gasteiger charge is -2.10. The molecule has 3 aromatic rings. The topological polar surface area (TPSA) is 66.0 Å². The van der Waals surface area contributed by atoms with Gasteiger partial charge in [-0.15, -0.1) is 0 Å². The first kappa shape index (κ1) is 16.9. The number of methoxy groups -OCH3 is 1. The fourth-order valence-electron chi connectivity index (χ4n) is 2.70. The number of thioether (sulfide) groups is 1. The molecule has 1 saturated carbocycles. The SMILES string of the molecule is COCCn1c(SC(C)c2nc(C3CC3)no2)nc2cc(Cl)ccc21. The molecular formula is C17H19ClN4O2S. The Morgan fingerprint density at radius 1 is 1.40 bits per heavy atom. The molecule has 6 nitrogen and oxygen atoms in total. The summed E-state index contributed by atoms with van der Waals surface area (Å²) in [6, 6.07) is 5.76. The van der Waals surface area contributed by atoms with Gasteiger partial charge in [-0.05, 0) is 38.0 Å². The molecule has 0 aliphatic heterocycles. The lowest BCUT2D eigenvalue weighted by molar-refractivity contribution is 0.186. The normalized spacial score (nSPS) is 15.8. The third-order valence-electron chi connectivity index (χ3n) is 4.22. The Labute approximate surface area is 154 Å². The summed E-state index contributed by atoms with van der Waals surface area (Å²) in [5.41, 5.74) is 1.92. The van der Waals surface area contributed by atoms with Gasteiger partial charge in [-0.25, -0.2) is 4.98 Å². The number of rotatable bonds is 7. The summed E-state index contributed by atoms with van der Waals surface area (Å²) < 4.78 is 12.8. The molecule has 1 fully saturated rings. The molecule has 2 aromatic heterocycles. The van der Waals surface area contributed by atoms with Crippen molar-refractivity contribution in [3.63, 3.8) is 0 Å². The number of hydrogen-bond acceptors (Lipinski definition) is 6. The van der Waals surface area contributed by atoms with Gasteiger partial charge in [0.25, 0.3) is 0 Å². The molecule has 25 heavy (non-hydrogen) atoms. The molecule has 8 heteroatoms. The van der Waals surface area contributed by atoms with Crippen molar-refractivity contribution >= 4 is 34.4 Å². The van der Waals surface area contributed by atoms with Crippen LogP contribution in [0.1, 0.15) is 42.6 Å². The maximum atomic E-state index is 6.11. The maximum Gasteiger partial charge on any atom is 0.239 e. The summed E-state index contributed by atoms with van der Waals surface area (Å²) in [7, 11) is 1.70. The van der Waals surface area contributed by atoms with E-state index in [0.717, 1.165) is 41.4 Å². The van der Waals surface area contributed by atoms with Crippen LogP contribution in [0.4, 0.5) is 0 Å². The average Bonchev–Trinajstić information content (AvgIpc) is 3.23. The Bertz CT molecular complexity index is 890. The summed E-state index contributed by atoms with van der Waals surface area (Å²) in [5.74, 6) is 1.97. The minimum absolute atomic E-state index is 0.0218. The van der Waals surface area contributed by atoms with Gasteiger partial charge < -0.3 is 13.8 Å². The fraction of sp³-hybridized carbons (Fsp3) is 0.471. The molecule has 4 rings (SSSR count). The highest BCUT2D eigenvalue weighted by Crippen LogP contribution is 2.40. The number of nitrogens with zero attached hydrogens (tertiary/aromatic N) is 4. The van der Waals surface area contributed by atoms with Crippen molar-refractivity contribution < 1.29 is 9.26 Å². The van der Waals surface area contributed by atoms with Crippen molar-refractivity contribution in [2.45, 2.75) is 42.6 Å². The van der Waals surface area contributed by atoms with Crippen LogP contribution in [0.25, 0.3) is 11.0 Å². The fourth-order valence-corrected chi connectivity index (χ4v) is 3.84. The van der Waals surface area contributed by atoms with Gasteiger partial charge in [-0.2, -0.15) is 4.98 Å². The second-order valence-corrected chi connectivity index (χ2v) is 7.94. The first-order chi connectivity index (χ1) is 12.2. The zero-order valence-corrected chi connectivity index (χ0v) is 15.7. The first-order valence-electron chi connectivity index (χ1n) is 8.30. The van der Waals surface area contributed by atoms with Gasteiger partial charge in [0.1, 0.15) is 0 Å². The first-order valence-corrected chi connectivity index (χ1v) is 9.56. The van der Waals surface area contributed by atoms with E-state index in [1.165, 1.54) is 0 Å². The second kappa shape index (κ2) is 6.97. The van der Waals surface area contributed by atoms with Crippen molar-refractivity contribution in [1.82, 2.24) is 19.7 Å². The molecule has 132 valence electrons. The maximum absolute atomic E-state index is 6.11. The molecule has 1 aromatic carbocycles. The predicted octanol–water partition coefficient (Wildman–Crippen LogP) is 4.45. The zero-order chi connectivity index (χ0) is 17.4. The van der Waals surface area contributed by atoms with E-state index in [2.05, 4.69) is 21.6 Å². The highest BCUT2D eigenvalue weighted by atomic mass is 35.5. The van der Waals surface area contributed by atoms with Crippen LogP contribution in [0, 0.1) is 0 Å². The summed E-state index contributed by atoms with van der Waals surface area (Å²) >= 11 is 7.72. The average molecular weight is 379 g/mol. The minimum atomic E-state index is 0.0218. The van der Waals surface area contributed by atoms with Gasteiger partial charge in [-0.1, -0.05) is 28.5 Å². The number of halogens is 1. The molecule has 0 bridgehead atoms. The summed E-state index contributed by atoms with van der Waals surface area (Å²) in [6.45, 7) is 3.39. The lowest BCUT2D eigenvalue weighted by Crippen LogP contribution is -2.06. The molecule has 1 atom stereocenters. The molecule has 0 N–H and O–H groups in total. The van der Waals surface area contributed by atoms with Gasteiger partial charge in [0.05, 0.1) is 22.9 Å². The van der Waals surface area contributed by atoms with E-state index >= 15 is 0 Å². The van der Waals surface area contributed by atoms with E-state index in [4.69, 9.17) is 25.8 Å². The molecule has 0 spiro atoms. The van der Waals surface area contributed by atoms with Crippen molar-refractivity contribution in [1.29, 1.82) is 0 Å². The molecule has 1 unspecified atom stereocenters. The minimum Gasteiger partial charge on any atom is -0.383 e. The molecule has 0 amide bonds. The van der Waals surface area contributed by atoms with E-state index < -0.39 is 0 Å². The van der Waals surface area contributed by atoms with Crippen LogP contribution in [-0.4, -0.2) is 33.4 Å². The molecule has 1 aliphatic rings. The van der Waals surface area contributed by atoms with E-state index in [1.807, 2.05) is 18.2 Å². The van der Waals surface area contributed by atoms with Gasteiger partial charge >= 0.3 is 0 Å². The number of benzene rings is 1. The smallest absolute Gasteiger partial charge is 0.239 e. The van der Waals surface area contributed by atoms with Crippen LogP contribution in [0.5, 0.6) is 0 Å². The standard InChI is InChI=1S/C17H19ClN4O2S/c1-10(16-20-15(21-24-16)11-3-4-11)25-17-19-13-9-12(18)5-6-14(13)22(17)7-8-23-2/h5-6,9-11H,3-4,7-8H2,1-2H3. The number of fused-ring (bicyclic) bond motifs is 1. The third-order valence-corrected chi connectivity index (χ3v) is 5.54. The van der Waals surface area contributed by atoms with Crippen molar-refractivity contribution in [3.8, 4) is 0 Å². The molecular weight excluding hydrogens is 360 g/mol. The highest BCUT2D eigenvalue weighted by Gasteiger charge is 2.30. The number of ether oxygens (including phenoxy) is 1. The Balaban J connectivity index is 1.61. The van der Waals surface area contributed by atoms with Crippen LogP contribution in [0.3, 0.4) is 0 Å². The van der Waals surface area contributed by atoms with Crippen LogP contribution in [0.15, 0.2) is 27.9 Å². The Hall–Kier alpha value is -1.57. The molecule has 0 radical (unpaired) electrons. The summed E-state index contributed by atoms with van der Waals surface area (Å²) in [4.78, 5) is 9.29. The Morgan fingerprint density at radius 2 is 2.24 bits per heavy atom. The van der Waals surface area contributed by atoms with E-state index in [9.17, 15) is 0 Å². The Morgan fingerprint density at radius 3 is 3.00 bits per heavy atom.